The lowest BCUT2D eigenvalue weighted by Crippen LogP contribution is -2.35. The number of nitrogens with one attached hydrogen (secondary N) is 1. The minimum atomic E-state index is 0.314. The third-order valence-electron chi connectivity index (χ3n) is 2.73. The molecular formula is C10H16ClN3O. The molecule has 0 saturated carbocycles. The highest BCUT2D eigenvalue weighted by Crippen LogP contribution is 2.12. The van der Waals surface area contributed by atoms with E-state index in [9.17, 15) is 0 Å². The van der Waals surface area contributed by atoms with E-state index in [1.165, 1.54) is 6.42 Å². The van der Waals surface area contributed by atoms with Gasteiger partial charge in [0, 0.05) is 13.6 Å². The van der Waals surface area contributed by atoms with E-state index in [-0.39, 0.29) is 0 Å². The van der Waals surface area contributed by atoms with E-state index in [2.05, 4.69) is 10.3 Å². The molecule has 0 aliphatic carbocycles. The summed E-state index contributed by atoms with van der Waals surface area (Å²) in [6.45, 7) is 2.59. The van der Waals surface area contributed by atoms with Gasteiger partial charge >= 0.3 is 0 Å². The summed E-state index contributed by atoms with van der Waals surface area (Å²) in [4.78, 5) is 4.19. The molecule has 0 spiro atoms. The summed E-state index contributed by atoms with van der Waals surface area (Å²) in [5.41, 5.74) is 0. The van der Waals surface area contributed by atoms with Gasteiger partial charge < -0.3 is 14.6 Å². The monoisotopic (exact) mass is 229 g/mol. The van der Waals surface area contributed by atoms with Crippen LogP contribution in [-0.4, -0.2) is 28.7 Å². The van der Waals surface area contributed by atoms with Crippen LogP contribution in [-0.2, 0) is 18.4 Å². The van der Waals surface area contributed by atoms with Crippen molar-refractivity contribution < 1.29 is 4.74 Å². The smallest absolute Gasteiger partial charge is 0.135 e. The van der Waals surface area contributed by atoms with E-state index in [0.29, 0.717) is 17.9 Å². The first-order valence-electron chi connectivity index (χ1n) is 5.26. The van der Waals surface area contributed by atoms with E-state index < -0.39 is 0 Å². The molecule has 1 N–H and O–H groups in total. The lowest BCUT2D eigenvalue weighted by atomic mass is 10.1. The Labute approximate surface area is 94.6 Å². The highest BCUT2D eigenvalue weighted by molar-refractivity contribution is 6.29. The molecule has 4 nitrogen and oxygen atoms in total. The summed E-state index contributed by atoms with van der Waals surface area (Å²) >= 11 is 5.88. The van der Waals surface area contributed by atoms with Crippen molar-refractivity contribution in [2.75, 3.05) is 13.1 Å². The Balaban J connectivity index is 1.84. The average Bonchev–Trinajstić information content (AvgIpc) is 2.59. The molecule has 84 valence electrons. The lowest BCUT2D eigenvalue weighted by molar-refractivity contribution is 0.0208. The molecule has 2 heterocycles. The van der Waals surface area contributed by atoms with Crippen LogP contribution in [0.1, 0.15) is 18.7 Å². The number of imidazole rings is 1. The molecule has 0 unspecified atom stereocenters. The number of aromatic nitrogens is 2. The highest BCUT2D eigenvalue weighted by Gasteiger charge is 2.14. The van der Waals surface area contributed by atoms with Crippen molar-refractivity contribution >= 4 is 11.6 Å². The summed E-state index contributed by atoms with van der Waals surface area (Å²) in [5, 5.41) is 3.96. The zero-order chi connectivity index (χ0) is 10.7. The summed E-state index contributed by atoms with van der Waals surface area (Å²) in [6.07, 6.45) is 4.28. The average molecular weight is 230 g/mol. The van der Waals surface area contributed by atoms with Gasteiger partial charge in [0.1, 0.15) is 17.6 Å². The minimum Gasteiger partial charge on any atom is -0.369 e. The van der Waals surface area contributed by atoms with Crippen LogP contribution in [0.25, 0.3) is 0 Å². The van der Waals surface area contributed by atoms with Crippen molar-refractivity contribution in [3.8, 4) is 0 Å². The van der Waals surface area contributed by atoms with E-state index >= 15 is 0 Å². The number of ether oxygens (including phenoxy) is 1. The molecule has 2 rings (SSSR count). The second kappa shape index (κ2) is 4.96. The fourth-order valence-electron chi connectivity index (χ4n) is 1.71. The molecule has 0 amide bonds. The van der Waals surface area contributed by atoms with Crippen molar-refractivity contribution in [3.05, 3.63) is 17.2 Å². The van der Waals surface area contributed by atoms with Crippen molar-refractivity contribution in [2.45, 2.75) is 25.6 Å². The van der Waals surface area contributed by atoms with Gasteiger partial charge in [-0.3, -0.25) is 0 Å². The Morgan fingerprint density at radius 1 is 1.73 bits per heavy atom. The molecule has 0 bridgehead atoms. The molecule has 1 aromatic heterocycles. The van der Waals surface area contributed by atoms with Crippen LogP contribution in [0.4, 0.5) is 0 Å². The van der Waals surface area contributed by atoms with Crippen LogP contribution >= 0.6 is 11.6 Å². The van der Waals surface area contributed by atoms with Gasteiger partial charge in [0.25, 0.3) is 0 Å². The van der Waals surface area contributed by atoms with E-state index in [0.717, 1.165) is 25.3 Å². The molecule has 1 aliphatic heterocycles. The fourth-order valence-corrected chi connectivity index (χ4v) is 1.86. The van der Waals surface area contributed by atoms with E-state index in [4.69, 9.17) is 16.3 Å². The minimum absolute atomic E-state index is 0.314. The number of piperidine rings is 1. The highest BCUT2D eigenvalue weighted by atomic mass is 35.5. The third kappa shape index (κ3) is 2.71. The zero-order valence-electron chi connectivity index (χ0n) is 8.87. The number of hydrogen-bond acceptors (Lipinski definition) is 3. The molecule has 1 saturated heterocycles. The van der Waals surface area contributed by atoms with Gasteiger partial charge in [-0.1, -0.05) is 11.6 Å². The Morgan fingerprint density at radius 2 is 2.60 bits per heavy atom. The summed E-state index contributed by atoms with van der Waals surface area (Å²) in [6, 6.07) is 0. The third-order valence-corrected chi connectivity index (χ3v) is 3.08. The van der Waals surface area contributed by atoms with Crippen molar-refractivity contribution in [2.24, 2.45) is 7.05 Å². The van der Waals surface area contributed by atoms with Crippen LogP contribution in [0.2, 0.25) is 5.15 Å². The van der Waals surface area contributed by atoms with Gasteiger partial charge in [0.05, 0.1) is 12.3 Å². The Kier molecular flexibility index (Phi) is 3.61. The molecule has 15 heavy (non-hydrogen) atoms. The van der Waals surface area contributed by atoms with Crippen molar-refractivity contribution in [1.29, 1.82) is 0 Å². The SMILES string of the molecule is Cn1c(Cl)cnc1CO[C@H]1CCCNC1. The van der Waals surface area contributed by atoms with Gasteiger partial charge in [0.2, 0.25) is 0 Å². The molecule has 1 atom stereocenters. The topological polar surface area (TPSA) is 39.1 Å². The van der Waals surface area contributed by atoms with Crippen LogP contribution in [0.3, 0.4) is 0 Å². The van der Waals surface area contributed by atoms with Gasteiger partial charge in [0.15, 0.2) is 0 Å². The molecule has 0 radical (unpaired) electrons. The molecule has 1 aromatic rings. The van der Waals surface area contributed by atoms with Crippen LogP contribution in [0.15, 0.2) is 6.20 Å². The Morgan fingerprint density at radius 3 is 3.20 bits per heavy atom. The van der Waals surface area contributed by atoms with E-state index in [1.54, 1.807) is 6.20 Å². The molecule has 5 heteroatoms. The predicted octanol–water partition coefficient (Wildman–Crippen LogP) is 1.34. The van der Waals surface area contributed by atoms with Gasteiger partial charge in [-0.2, -0.15) is 0 Å². The number of halogens is 1. The predicted molar refractivity (Wildman–Crippen MR) is 58.9 cm³/mol. The normalized spacial score (nSPS) is 21.9. The quantitative estimate of drug-likeness (QED) is 0.851. The Bertz CT molecular complexity index is 320. The number of nitrogens with zero attached hydrogens (tertiary/aromatic N) is 2. The fraction of sp³-hybridized carbons (Fsp3) is 0.700. The maximum absolute atomic E-state index is 5.88. The molecule has 1 fully saturated rings. The van der Waals surface area contributed by atoms with Gasteiger partial charge in [-0.05, 0) is 19.4 Å². The first-order chi connectivity index (χ1) is 7.27. The van der Waals surface area contributed by atoms with Gasteiger partial charge in [-0.15, -0.1) is 0 Å². The zero-order valence-corrected chi connectivity index (χ0v) is 9.63. The summed E-state index contributed by atoms with van der Waals surface area (Å²) in [5.74, 6) is 0.880. The maximum atomic E-state index is 5.88. The first-order valence-corrected chi connectivity index (χ1v) is 5.63. The Hall–Kier alpha value is -0.580. The van der Waals surface area contributed by atoms with Crippen LogP contribution in [0, 0.1) is 0 Å². The van der Waals surface area contributed by atoms with Crippen LogP contribution in [0.5, 0.6) is 0 Å². The second-order valence-corrected chi connectivity index (χ2v) is 4.22. The summed E-state index contributed by atoms with van der Waals surface area (Å²) in [7, 11) is 1.90. The van der Waals surface area contributed by atoms with Crippen molar-refractivity contribution in [1.82, 2.24) is 14.9 Å². The maximum Gasteiger partial charge on any atom is 0.135 e. The first kappa shape index (κ1) is 10.9. The second-order valence-electron chi connectivity index (χ2n) is 3.84. The lowest BCUT2D eigenvalue weighted by Gasteiger charge is -2.22. The number of hydrogen-bond donors (Lipinski definition) is 1. The molecule has 0 aromatic carbocycles. The molecule has 1 aliphatic rings. The number of rotatable bonds is 3. The van der Waals surface area contributed by atoms with Crippen molar-refractivity contribution in [3.63, 3.8) is 0 Å². The largest absolute Gasteiger partial charge is 0.369 e. The summed E-state index contributed by atoms with van der Waals surface area (Å²) < 4.78 is 7.60. The molecular weight excluding hydrogens is 214 g/mol. The van der Waals surface area contributed by atoms with E-state index in [1.807, 2.05) is 11.6 Å². The van der Waals surface area contributed by atoms with Gasteiger partial charge in [-0.25, -0.2) is 4.98 Å². The van der Waals surface area contributed by atoms with Crippen LogP contribution < -0.4 is 5.32 Å². The standard InChI is InChI=1S/C10H16ClN3O/c1-14-9(11)6-13-10(14)7-15-8-3-2-4-12-5-8/h6,8,12H,2-5,7H2,1H3/t8-/m0/s1.